The molecular formula is C14H20N2O3. The van der Waals surface area contributed by atoms with Gasteiger partial charge in [0.05, 0.1) is 4.92 Å². The van der Waals surface area contributed by atoms with Crippen molar-refractivity contribution in [2.75, 3.05) is 0 Å². The van der Waals surface area contributed by atoms with Gasteiger partial charge in [0.1, 0.15) is 0 Å². The highest BCUT2D eigenvalue weighted by molar-refractivity contribution is 5.96. The van der Waals surface area contributed by atoms with Crippen molar-refractivity contribution in [1.29, 1.82) is 0 Å². The Bertz CT molecular complexity index is 510. The molecule has 0 aromatic heterocycles. The predicted molar refractivity (Wildman–Crippen MR) is 74.3 cm³/mol. The van der Waals surface area contributed by atoms with Gasteiger partial charge in [-0.25, -0.2) is 0 Å². The second-order valence-corrected chi connectivity index (χ2v) is 4.66. The summed E-state index contributed by atoms with van der Waals surface area (Å²) in [5, 5.41) is 11.3. The lowest BCUT2D eigenvalue weighted by Gasteiger charge is -2.13. The fourth-order valence-electron chi connectivity index (χ4n) is 2.37. The number of aryl methyl sites for hydroxylation is 1. The number of hydrogen-bond donors (Lipinski definition) is 1. The van der Waals surface area contributed by atoms with Crippen LogP contribution in [0.2, 0.25) is 0 Å². The molecule has 0 saturated heterocycles. The van der Waals surface area contributed by atoms with E-state index in [1.807, 2.05) is 13.8 Å². The maximum atomic E-state index is 11.5. The van der Waals surface area contributed by atoms with Crippen molar-refractivity contribution < 1.29 is 9.72 Å². The lowest BCUT2D eigenvalue weighted by atomic mass is 9.91. The van der Waals surface area contributed by atoms with Gasteiger partial charge in [0.2, 0.25) is 5.91 Å². The Morgan fingerprint density at radius 2 is 1.89 bits per heavy atom. The lowest BCUT2D eigenvalue weighted by Crippen LogP contribution is -2.17. The first-order chi connectivity index (χ1) is 8.93. The molecule has 1 aromatic rings. The third-order valence-electron chi connectivity index (χ3n) is 3.23. The van der Waals surface area contributed by atoms with E-state index in [2.05, 4.69) is 0 Å². The molecule has 1 amide bonds. The van der Waals surface area contributed by atoms with E-state index in [0.29, 0.717) is 29.5 Å². The molecular weight excluding hydrogens is 244 g/mol. The van der Waals surface area contributed by atoms with Crippen molar-refractivity contribution in [2.24, 2.45) is 5.73 Å². The number of benzene rings is 1. The Labute approximate surface area is 113 Å². The smallest absolute Gasteiger partial charge is 0.276 e. The zero-order valence-corrected chi connectivity index (χ0v) is 11.7. The van der Waals surface area contributed by atoms with Crippen LogP contribution in [0, 0.1) is 17.0 Å². The number of nitrogens with zero attached hydrogens (tertiary/aromatic N) is 1. The first-order valence-corrected chi connectivity index (χ1v) is 6.53. The van der Waals surface area contributed by atoms with Crippen molar-refractivity contribution in [2.45, 2.75) is 46.5 Å². The summed E-state index contributed by atoms with van der Waals surface area (Å²) in [6, 6.07) is 1.72. The summed E-state index contributed by atoms with van der Waals surface area (Å²) < 4.78 is 0. The molecule has 5 heteroatoms. The molecule has 0 atom stereocenters. The van der Waals surface area contributed by atoms with E-state index in [0.717, 1.165) is 18.4 Å². The van der Waals surface area contributed by atoms with Crippen LogP contribution in [0.15, 0.2) is 6.07 Å². The van der Waals surface area contributed by atoms with Gasteiger partial charge in [0.25, 0.3) is 5.69 Å². The van der Waals surface area contributed by atoms with Gasteiger partial charge in [0.15, 0.2) is 0 Å². The van der Waals surface area contributed by atoms with Crippen LogP contribution in [0.4, 0.5) is 5.69 Å². The molecule has 104 valence electrons. The van der Waals surface area contributed by atoms with Gasteiger partial charge in [0, 0.05) is 16.7 Å². The summed E-state index contributed by atoms with van der Waals surface area (Å²) >= 11 is 0. The van der Waals surface area contributed by atoms with Crippen molar-refractivity contribution in [3.8, 4) is 0 Å². The van der Waals surface area contributed by atoms with Gasteiger partial charge in [-0.15, -0.1) is 0 Å². The van der Waals surface area contributed by atoms with E-state index in [4.69, 9.17) is 5.73 Å². The third kappa shape index (κ3) is 3.10. The largest absolute Gasteiger partial charge is 0.366 e. The van der Waals surface area contributed by atoms with Gasteiger partial charge >= 0.3 is 0 Å². The van der Waals surface area contributed by atoms with Crippen LogP contribution < -0.4 is 5.73 Å². The molecule has 5 nitrogen and oxygen atoms in total. The van der Waals surface area contributed by atoms with Crippen LogP contribution in [0.5, 0.6) is 0 Å². The Morgan fingerprint density at radius 1 is 1.32 bits per heavy atom. The minimum Gasteiger partial charge on any atom is -0.366 e. The number of primary amides is 1. The SMILES string of the molecule is CCCc1cc(C(N)=O)c(CCC)c([N+](=O)[O-])c1C. The van der Waals surface area contributed by atoms with E-state index < -0.39 is 10.8 Å². The minimum absolute atomic E-state index is 0.0570. The summed E-state index contributed by atoms with van der Waals surface area (Å²) in [4.78, 5) is 22.4. The van der Waals surface area contributed by atoms with Crippen molar-refractivity contribution in [3.05, 3.63) is 38.4 Å². The molecule has 0 bridgehead atoms. The number of nitrogens with two attached hydrogens (primary N) is 1. The highest BCUT2D eigenvalue weighted by Gasteiger charge is 2.25. The topological polar surface area (TPSA) is 86.2 Å². The van der Waals surface area contributed by atoms with E-state index in [1.165, 1.54) is 0 Å². The molecule has 0 fully saturated rings. The third-order valence-corrected chi connectivity index (χ3v) is 3.23. The maximum Gasteiger partial charge on any atom is 0.276 e. The number of carbonyl (C=O) groups is 1. The van der Waals surface area contributed by atoms with E-state index >= 15 is 0 Å². The monoisotopic (exact) mass is 264 g/mol. The second-order valence-electron chi connectivity index (χ2n) is 4.66. The zero-order chi connectivity index (χ0) is 14.6. The van der Waals surface area contributed by atoms with Crippen LogP contribution in [0.25, 0.3) is 0 Å². The quantitative estimate of drug-likeness (QED) is 0.633. The Hall–Kier alpha value is -1.91. The van der Waals surface area contributed by atoms with Crippen LogP contribution in [-0.2, 0) is 12.8 Å². The fourth-order valence-corrected chi connectivity index (χ4v) is 2.37. The van der Waals surface area contributed by atoms with E-state index in [1.54, 1.807) is 13.0 Å². The summed E-state index contributed by atoms with van der Waals surface area (Å²) in [5.74, 6) is -0.594. The van der Waals surface area contributed by atoms with Gasteiger partial charge in [-0.1, -0.05) is 26.7 Å². The normalized spacial score (nSPS) is 10.5. The molecule has 0 aliphatic rings. The molecule has 0 heterocycles. The van der Waals surface area contributed by atoms with Crippen molar-refractivity contribution in [1.82, 2.24) is 0 Å². The molecule has 0 spiro atoms. The summed E-state index contributed by atoms with van der Waals surface area (Å²) in [7, 11) is 0. The van der Waals surface area contributed by atoms with Crippen LogP contribution in [-0.4, -0.2) is 10.8 Å². The van der Waals surface area contributed by atoms with Gasteiger partial charge in [-0.2, -0.15) is 0 Å². The van der Waals surface area contributed by atoms with Gasteiger partial charge < -0.3 is 5.73 Å². The minimum atomic E-state index is -0.594. The summed E-state index contributed by atoms with van der Waals surface area (Å²) in [6.07, 6.45) is 2.79. The molecule has 0 aliphatic heterocycles. The average molecular weight is 264 g/mol. The molecule has 0 saturated carbocycles. The molecule has 1 aromatic carbocycles. The second kappa shape index (κ2) is 6.31. The molecule has 19 heavy (non-hydrogen) atoms. The Morgan fingerprint density at radius 3 is 2.32 bits per heavy atom. The lowest BCUT2D eigenvalue weighted by molar-refractivity contribution is -0.386. The fraction of sp³-hybridized carbons (Fsp3) is 0.500. The summed E-state index contributed by atoms with van der Waals surface area (Å²) in [6.45, 7) is 5.66. The summed E-state index contributed by atoms with van der Waals surface area (Å²) in [5.41, 5.74) is 7.68. The number of hydrogen-bond acceptors (Lipinski definition) is 3. The highest BCUT2D eigenvalue weighted by Crippen LogP contribution is 2.31. The number of rotatable bonds is 6. The van der Waals surface area contributed by atoms with Crippen LogP contribution in [0.3, 0.4) is 0 Å². The first-order valence-electron chi connectivity index (χ1n) is 6.53. The standard InChI is InChI=1S/C14H20N2O3/c1-4-6-10-8-12(14(15)17)11(7-5-2)13(9(10)3)16(18)19/h8H,4-7H2,1-3H3,(H2,15,17). The number of nitro benzene ring substituents is 1. The number of amides is 1. The number of carbonyl (C=O) groups excluding carboxylic acids is 1. The van der Waals surface area contributed by atoms with Crippen LogP contribution >= 0.6 is 0 Å². The molecule has 0 radical (unpaired) electrons. The van der Waals surface area contributed by atoms with Crippen molar-refractivity contribution >= 4 is 11.6 Å². The highest BCUT2D eigenvalue weighted by atomic mass is 16.6. The maximum absolute atomic E-state index is 11.5. The number of nitro groups is 1. The Balaban J connectivity index is 3.62. The Kier molecular flexibility index (Phi) is 5.03. The van der Waals surface area contributed by atoms with Gasteiger partial charge in [-0.3, -0.25) is 14.9 Å². The van der Waals surface area contributed by atoms with E-state index in [9.17, 15) is 14.9 Å². The molecule has 0 aliphatic carbocycles. The van der Waals surface area contributed by atoms with Crippen LogP contribution in [0.1, 0.15) is 53.7 Å². The van der Waals surface area contributed by atoms with Crippen molar-refractivity contribution in [3.63, 3.8) is 0 Å². The van der Waals surface area contributed by atoms with E-state index in [-0.39, 0.29) is 5.69 Å². The first kappa shape index (κ1) is 15.1. The molecule has 0 unspecified atom stereocenters. The average Bonchev–Trinajstić information content (AvgIpc) is 2.32. The molecule has 2 N–H and O–H groups in total. The van der Waals surface area contributed by atoms with Gasteiger partial charge in [-0.05, 0) is 31.4 Å². The molecule has 1 rings (SSSR count). The zero-order valence-electron chi connectivity index (χ0n) is 11.7. The predicted octanol–water partition coefficient (Wildman–Crippen LogP) is 2.91.